The summed E-state index contributed by atoms with van der Waals surface area (Å²) < 4.78 is 1.78. The maximum atomic E-state index is 12.9. The third-order valence-corrected chi connectivity index (χ3v) is 8.12. The average molecular weight is 640 g/mol. The van der Waals surface area contributed by atoms with E-state index in [0.717, 1.165) is 18.4 Å². The van der Waals surface area contributed by atoms with Gasteiger partial charge < -0.3 is 25.7 Å². The summed E-state index contributed by atoms with van der Waals surface area (Å²) in [6.45, 7) is 12.5. The molecule has 2 aromatic rings. The van der Waals surface area contributed by atoms with Gasteiger partial charge in [0, 0.05) is 37.2 Å². The molecule has 3 heterocycles. The van der Waals surface area contributed by atoms with Crippen LogP contribution in [-0.2, 0) is 24.0 Å². The fourth-order valence-corrected chi connectivity index (χ4v) is 5.23. The molecule has 1 unspecified atom stereocenters. The number of para-hydroxylation sites is 1. The molecule has 11 heteroatoms. The molecule has 4 rings (SSSR count). The standard InChI is InChI=1S/C21H32N4O5.C10H11NO.C4H10/c1-14-12-22-19(28)13-23-20(29)16(8-4-3-5-10-18(27)15(2)26)24-21(30)17-9-6-7-11-25(14)17;1-8-7-11(12-2)10-6-4-3-5-9(8)10;1-3-4-2/h16-17H,1,3-13H2,2H3,(H,22,28)(H,23,29)(H,24,30);3-7H,1-2H3;3-4H2,1-2H3/t16-,17?;;/m0../s1. The lowest BCUT2D eigenvalue weighted by molar-refractivity contribution is -0.135. The van der Waals surface area contributed by atoms with Gasteiger partial charge in [-0.05, 0) is 50.7 Å². The van der Waals surface area contributed by atoms with Crippen LogP contribution in [0, 0.1) is 6.92 Å². The Balaban J connectivity index is 0.000000375. The third kappa shape index (κ3) is 12.0. The third-order valence-electron chi connectivity index (χ3n) is 8.12. The van der Waals surface area contributed by atoms with Crippen LogP contribution in [0.1, 0.15) is 90.5 Å². The summed E-state index contributed by atoms with van der Waals surface area (Å²) in [6.07, 6.45) is 9.56. The number of fused-ring (bicyclic) bond motifs is 2. The van der Waals surface area contributed by atoms with Crippen LogP contribution in [0.15, 0.2) is 42.7 Å². The van der Waals surface area contributed by atoms with Crippen molar-refractivity contribution in [3.63, 3.8) is 0 Å². The second-order valence-corrected chi connectivity index (χ2v) is 11.7. The number of carbonyl (C=O) groups excluding carboxylic acids is 5. The van der Waals surface area contributed by atoms with Gasteiger partial charge in [-0.15, -0.1) is 0 Å². The molecule has 0 bridgehead atoms. The predicted molar refractivity (Wildman–Crippen MR) is 180 cm³/mol. The number of aryl methyl sites for hydroxylation is 1. The lowest BCUT2D eigenvalue weighted by Gasteiger charge is -2.38. The minimum Gasteiger partial charge on any atom is -0.417 e. The number of amides is 3. The molecule has 46 heavy (non-hydrogen) atoms. The van der Waals surface area contributed by atoms with Crippen molar-refractivity contribution in [2.75, 3.05) is 26.7 Å². The van der Waals surface area contributed by atoms with E-state index >= 15 is 0 Å². The number of rotatable bonds is 9. The summed E-state index contributed by atoms with van der Waals surface area (Å²) in [6, 6.07) is 7.02. The Morgan fingerprint density at radius 2 is 1.70 bits per heavy atom. The number of benzene rings is 1. The molecule has 2 saturated heterocycles. The Kier molecular flexibility index (Phi) is 16.6. The van der Waals surface area contributed by atoms with Crippen molar-refractivity contribution in [3.8, 4) is 0 Å². The first kappa shape index (κ1) is 38.0. The van der Waals surface area contributed by atoms with E-state index in [1.165, 1.54) is 30.7 Å². The van der Waals surface area contributed by atoms with Gasteiger partial charge in [0.15, 0.2) is 11.6 Å². The van der Waals surface area contributed by atoms with Gasteiger partial charge in [0.2, 0.25) is 17.7 Å². The minimum absolute atomic E-state index is 0.172. The summed E-state index contributed by atoms with van der Waals surface area (Å²) in [4.78, 5) is 67.0. The monoisotopic (exact) mass is 639 g/mol. The Morgan fingerprint density at radius 1 is 0.978 bits per heavy atom. The number of aromatic nitrogens is 1. The highest BCUT2D eigenvalue weighted by Crippen LogP contribution is 2.22. The Bertz CT molecular complexity index is 1330. The van der Waals surface area contributed by atoms with Gasteiger partial charge in [-0.3, -0.25) is 24.0 Å². The first-order chi connectivity index (χ1) is 22.0. The van der Waals surface area contributed by atoms with Crippen LogP contribution in [0.2, 0.25) is 0 Å². The number of hydrogen-bond donors (Lipinski definition) is 3. The maximum absolute atomic E-state index is 12.9. The normalized spacial score (nSPS) is 18.6. The van der Waals surface area contributed by atoms with Gasteiger partial charge >= 0.3 is 0 Å². The van der Waals surface area contributed by atoms with Crippen molar-refractivity contribution in [1.29, 1.82) is 0 Å². The fraction of sp³-hybridized carbons (Fsp3) is 0.571. The molecular formula is C35H53N5O6. The molecule has 2 aliphatic rings. The van der Waals surface area contributed by atoms with Crippen LogP contribution in [0.4, 0.5) is 0 Å². The molecule has 2 atom stereocenters. The summed E-state index contributed by atoms with van der Waals surface area (Å²) in [5, 5.41) is 9.40. The molecule has 1 aromatic carbocycles. The van der Waals surface area contributed by atoms with Gasteiger partial charge in [0.05, 0.1) is 18.6 Å². The van der Waals surface area contributed by atoms with Gasteiger partial charge in [-0.2, -0.15) is 4.73 Å². The van der Waals surface area contributed by atoms with Crippen LogP contribution in [-0.4, -0.2) is 77.7 Å². The van der Waals surface area contributed by atoms with E-state index in [2.05, 4.69) is 49.4 Å². The first-order valence-electron chi connectivity index (χ1n) is 16.5. The van der Waals surface area contributed by atoms with Gasteiger partial charge in [0.1, 0.15) is 19.2 Å². The molecule has 0 spiro atoms. The zero-order valence-corrected chi connectivity index (χ0v) is 28.3. The SMILES string of the molecule is C=C1CNC(=O)CNC(=O)[C@H](CCCCCC(=O)C(C)=O)NC(=O)C2CCCCN12.CCCC.COn1cc(C)c2ccccc21. The molecular weight excluding hydrogens is 586 g/mol. The topological polar surface area (TPSA) is 139 Å². The van der Waals surface area contributed by atoms with Crippen molar-refractivity contribution in [2.24, 2.45) is 0 Å². The summed E-state index contributed by atoms with van der Waals surface area (Å²) in [5.41, 5.74) is 3.05. The maximum Gasteiger partial charge on any atom is 0.243 e. The molecule has 2 fully saturated rings. The van der Waals surface area contributed by atoms with Crippen LogP contribution in [0.25, 0.3) is 10.9 Å². The van der Waals surface area contributed by atoms with E-state index in [9.17, 15) is 24.0 Å². The van der Waals surface area contributed by atoms with E-state index in [-0.39, 0.29) is 31.3 Å². The van der Waals surface area contributed by atoms with Crippen molar-refractivity contribution >= 4 is 40.2 Å². The number of hydrogen-bond acceptors (Lipinski definition) is 7. The van der Waals surface area contributed by atoms with Crippen LogP contribution < -0.4 is 20.8 Å². The number of unbranched alkanes of at least 4 members (excludes halogenated alkanes) is 3. The fourth-order valence-electron chi connectivity index (χ4n) is 5.23. The summed E-state index contributed by atoms with van der Waals surface area (Å²) in [7, 11) is 1.67. The lowest BCUT2D eigenvalue weighted by atomic mass is 9.99. The van der Waals surface area contributed by atoms with Gasteiger partial charge in [-0.1, -0.05) is 64.3 Å². The molecule has 11 nitrogen and oxygen atoms in total. The largest absolute Gasteiger partial charge is 0.417 e. The molecule has 2 aliphatic heterocycles. The van der Waals surface area contributed by atoms with E-state index in [1.54, 1.807) is 11.8 Å². The smallest absolute Gasteiger partial charge is 0.243 e. The molecule has 3 amide bonds. The van der Waals surface area contributed by atoms with Gasteiger partial charge in [0.25, 0.3) is 0 Å². The zero-order valence-electron chi connectivity index (χ0n) is 28.3. The highest BCUT2D eigenvalue weighted by Gasteiger charge is 2.32. The lowest BCUT2D eigenvalue weighted by Crippen LogP contribution is -2.56. The van der Waals surface area contributed by atoms with E-state index < -0.39 is 29.6 Å². The first-order valence-corrected chi connectivity index (χ1v) is 16.5. The van der Waals surface area contributed by atoms with Crippen molar-refractivity contribution in [2.45, 2.75) is 104 Å². The van der Waals surface area contributed by atoms with Crippen LogP contribution in [0.5, 0.6) is 0 Å². The minimum atomic E-state index is -0.759. The molecule has 0 radical (unpaired) electrons. The average Bonchev–Trinajstić information content (AvgIpc) is 3.40. The highest BCUT2D eigenvalue weighted by atomic mass is 16.6. The van der Waals surface area contributed by atoms with Gasteiger partial charge in [-0.25, -0.2) is 0 Å². The van der Waals surface area contributed by atoms with Crippen LogP contribution >= 0.6 is 0 Å². The second-order valence-electron chi connectivity index (χ2n) is 11.7. The van der Waals surface area contributed by atoms with Crippen molar-refractivity contribution < 1.29 is 28.8 Å². The van der Waals surface area contributed by atoms with E-state index in [0.29, 0.717) is 44.3 Å². The number of Topliss-reactive ketones (excluding diaryl/α,β-unsaturated/α-hetero) is 2. The summed E-state index contributed by atoms with van der Waals surface area (Å²) >= 11 is 0. The molecule has 0 saturated carbocycles. The predicted octanol–water partition coefficient (Wildman–Crippen LogP) is 4.01. The van der Waals surface area contributed by atoms with Crippen LogP contribution in [0.3, 0.4) is 0 Å². The van der Waals surface area contributed by atoms with Crippen molar-refractivity contribution in [3.05, 3.63) is 48.3 Å². The Morgan fingerprint density at radius 3 is 2.37 bits per heavy atom. The second kappa shape index (κ2) is 20.1. The van der Waals surface area contributed by atoms with Crippen molar-refractivity contribution in [1.82, 2.24) is 25.6 Å². The zero-order chi connectivity index (χ0) is 34.1. The van der Waals surface area contributed by atoms with E-state index in [1.807, 2.05) is 29.3 Å². The molecule has 0 aliphatic carbocycles. The molecule has 254 valence electrons. The Hall–Kier alpha value is -4.15. The number of piperidine rings is 1. The number of nitrogens with one attached hydrogen (secondary N) is 3. The summed E-state index contributed by atoms with van der Waals surface area (Å²) in [5.74, 6) is -1.77. The Labute approximate surface area is 273 Å². The number of carbonyl (C=O) groups is 5. The quantitative estimate of drug-likeness (QED) is 0.278. The molecule has 3 N–H and O–H groups in total. The van der Waals surface area contributed by atoms with E-state index in [4.69, 9.17) is 4.84 Å². The highest BCUT2D eigenvalue weighted by molar-refractivity contribution is 6.36. The molecule has 1 aromatic heterocycles. The number of ketones is 2. The number of nitrogens with zero attached hydrogens (tertiary/aromatic N) is 2.